The van der Waals surface area contributed by atoms with Crippen LogP contribution in [0, 0.1) is 6.92 Å². The zero-order chi connectivity index (χ0) is 8.97. The number of aldehydes is 1. The molecule has 2 nitrogen and oxygen atoms in total. The van der Waals surface area contributed by atoms with E-state index in [0.29, 0.717) is 12.0 Å². The lowest BCUT2D eigenvalue weighted by Gasteiger charge is -2.03. The molecule has 1 rings (SSSR count). The lowest BCUT2D eigenvalue weighted by molar-refractivity contribution is 0.112. The largest absolute Gasteiger partial charge is 0.396 e. The quantitative estimate of drug-likeness (QED) is 0.684. The topological polar surface area (TPSA) is 37.3 Å². The van der Waals surface area contributed by atoms with Crippen LogP contribution in [-0.4, -0.2) is 18.0 Å². The molecule has 0 aliphatic carbocycles. The van der Waals surface area contributed by atoms with Gasteiger partial charge in [-0.3, -0.25) is 4.79 Å². The van der Waals surface area contributed by atoms with Gasteiger partial charge in [-0.1, -0.05) is 23.8 Å². The molecule has 0 heterocycles. The average molecular weight is 164 g/mol. The Morgan fingerprint density at radius 3 is 2.83 bits per heavy atom. The molecule has 0 saturated heterocycles. The van der Waals surface area contributed by atoms with E-state index in [1.165, 1.54) is 0 Å². The van der Waals surface area contributed by atoms with Crippen molar-refractivity contribution >= 4 is 6.29 Å². The summed E-state index contributed by atoms with van der Waals surface area (Å²) >= 11 is 0. The van der Waals surface area contributed by atoms with E-state index in [2.05, 4.69) is 0 Å². The Hall–Kier alpha value is -1.15. The minimum absolute atomic E-state index is 0.0876. The fourth-order valence-corrected chi connectivity index (χ4v) is 1.19. The van der Waals surface area contributed by atoms with Gasteiger partial charge >= 0.3 is 0 Å². The number of hydrogen-bond donors (Lipinski definition) is 1. The fraction of sp³-hybridized carbons (Fsp3) is 0.300. The van der Waals surface area contributed by atoms with Crippen LogP contribution in [0.5, 0.6) is 0 Å². The van der Waals surface area contributed by atoms with Gasteiger partial charge in [0.1, 0.15) is 6.29 Å². The first kappa shape index (κ1) is 8.94. The van der Waals surface area contributed by atoms with Crippen molar-refractivity contribution in [2.45, 2.75) is 13.3 Å². The normalized spacial score (nSPS) is 9.83. The molecule has 1 N–H and O–H groups in total. The van der Waals surface area contributed by atoms with Gasteiger partial charge in [0.15, 0.2) is 0 Å². The van der Waals surface area contributed by atoms with Crippen molar-refractivity contribution in [1.29, 1.82) is 0 Å². The highest BCUT2D eigenvalue weighted by Crippen LogP contribution is 2.09. The van der Waals surface area contributed by atoms with Gasteiger partial charge in [-0.25, -0.2) is 0 Å². The Balaban J connectivity index is 3.03. The second-order valence-corrected chi connectivity index (χ2v) is 2.79. The highest BCUT2D eigenvalue weighted by molar-refractivity contribution is 5.77. The molecule has 0 bridgehead atoms. The molecule has 1 aromatic rings. The van der Waals surface area contributed by atoms with Gasteiger partial charge in [-0.15, -0.1) is 0 Å². The van der Waals surface area contributed by atoms with Crippen LogP contribution in [0.4, 0.5) is 0 Å². The zero-order valence-electron chi connectivity index (χ0n) is 7.08. The summed E-state index contributed by atoms with van der Waals surface area (Å²) in [6.07, 6.45) is 1.38. The van der Waals surface area contributed by atoms with Gasteiger partial charge < -0.3 is 5.11 Å². The molecule has 0 spiro atoms. The number of aliphatic hydroxyl groups excluding tert-OH is 1. The molecule has 0 atom stereocenters. The van der Waals surface area contributed by atoms with Crippen molar-refractivity contribution in [3.8, 4) is 0 Å². The van der Waals surface area contributed by atoms with Crippen LogP contribution in [0.2, 0.25) is 0 Å². The van der Waals surface area contributed by atoms with E-state index >= 15 is 0 Å². The summed E-state index contributed by atoms with van der Waals surface area (Å²) < 4.78 is 0. The third kappa shape index (κ3) is 1.92. The van der Waals surface area contributed by atoms with Crippen LogP contribution in [-0.2, 0) is 6.42 Å². The second-order valence-electron chi connectivity index (χ2n) is 2.79. The number of benzene rings is 1. The van der Waals surface area contributed by atoms with Crippen LogP contribution < -0.4 is 0 Å². The maximum atomic E-state index is 10.5. The molecule has 0 unspecified atom stereocenters. The summed E-state index contributed by atoms with van der Waals surface area (Å²) in [4.78, 5) is 10.5. The van der Waals surface area contributed by atoms with Crippen LogP contribution >= 0.6 is 0 Å². The summed E-state index contributed by atoms with van der Waals surface area (Å²) in [7, 11) is 0. The molecular weight excluding hydrogens is 152 g/mol. The maximum Gasteiger partial charge on any atom is 0.150 e. The molecule has 0 aromatic heterocycles. The summed E-state index contributed by atoms with van der Waals surface area (Å²) in [6.45, 7) is 2.06. The van der Waals surface area contributed by atoms with E-state index in [0.717, 1.165) is 17.4 Å². The van der Waals surface area contributed by atoms with E-state index < -0.39 is 0 Å². The van der Waals surface area contributed by atoms with Crippen molar-refractivity contribution in [3.05, 3.63) is 34.9 Å². The molecule has 0 radical (unpaired) electrons. The van der Waals surface area contributed by atoms with E-state index in [1.807, 2.05) is 19.1 Å². The fourth-order valence-electron chi connectivity index (χ4n) is 1.19. The number of hydrogen-bond acceptors (Lipinski definition) is 2. The van der Waals surface area contributed by atoms with E-state index in [9.17, 15) is 4.79 Å². The van der Waals surface area contributed by atoms with Crippen molar-refractivity contribution in [1.82, 2.24) is 0 Å². The number of aryl methyl sites for hydroxylation is 1. The Morgan fingerprint density at radius 1 is 1.50 bits per heavy atom. The molecule has 0 amide bonds. The first-order chi connectivity index (χ1) is 5.77. The molecule has 2 heteroatoms. The summed E-state index contributed by atoms with van der Waals surface area (Å²) in [6, 6.07) is 5.61. The minimum Gasteiger partial charge on any atom is -0.396 e. The molecular formula is C10H12O2. The first-order valence-electron chi connectivity index (χ1n) is 3.93. The maximum absolute atomic E-state index is 10.5. The van der Waals surface area contributed by atoms with Gasteiger partial charge in [-0.2, -0.15) is 0 Å². The van der Waals surface area contributed by atoms with Crippen molar-refractivity contribution in [2.24, 2.45) is 0 Å². The lowest BCUT2D eigenvalue weighted by atomic mass is 10.0. The second kappa shape index (κ2) is 4.02. The smallest absolute Gasteiger partial charge is 0.150 e. The average Bonchev–Trinajstić information content (AvgIpc) is 2.05. The number of carbonyl (C=O) groups is 1. The number of carbonyl (C=O) groups excluding carboxylic acids is 1. The Morgan fingerprint density at radius 2 is 2.25 bits per heavy atom. The third-order valence-electron chi connectivity index (χ3n) is 1.81. The Labute approximate surface area is 71.8 Å². The predicted octanol–water partition coefficient (Wildman–Crippen LogP) is 1.34. The van der Waals surface area contributed by atoms with Gasteiger partial charge in [0.05, 0.1) is 0 Å². The Bertz CT molecular complexity index is 279. The van der Waals surface area contributed by atoms with Crippen LogP contribution in [0.15, 0.2) is 18.2 Å². The van der Waals surface area contributed by atoms with Crippen LogP contribution in [0.25, 0.3) is 0 Å². The van der Waals surface area contributed by atoms with E-state index in [-0.39, 0.29) is 6.61 Å². The summed E-state index contributed by atoms with van der Waals surface area (Å²) in [5, 5.41) is 8.71. The van der Waals surface area contributed by atoms with Crippen LogP contribution in [0.3, 0.4) is 0 Å². The van der Waals surface area contributed by atoms with Gasteiger partial charge in [0.2, 0.25) is 0 Å². The van der Waals surface area contributed by atoms with Crippen molar-refractivity contribution < 1.29 is 9.90 Å². The third-order valence-corrected chi connectivity index (χ3v) is 1.81. The minimum atomic E-state index is 0.0876. The molecule has 0 aliphatic rings. The standard InChI is InChI=1S/C10H12O2/c1-8-2-3-10(7-12)9(6-8)4-5-11/h2-3,6-7,11H,4-5H2,1H3. The Kier molecular flexibility index (Phi) is 3.00. The molecule has 64 valence electrons. The predicted molar refractivity (Wildman–Crippen MR) is 47.4 cm³/mol. The number of rotatable bonds is 3. The SMILES string of the molecule is Cc1ccc(C=O)c(CCO)c1. The highest BCUT2D eigenvalue weighted by atomic mass is 16.2. The zero-order valence-corrected chi connectivity index (χ0v) is 7.08. The lowest BCUT2D eigenvalue weighted by Crippen LogP contribution is -1.96. The van der Waals surface area contributed by atoms with E-state index in [1.54, 1.807) is 6.07 Å². The van der Waals surface area contributed by atoms with E-state index in [4.69, 9.17) is 5.11 Å². The molecule has 1 aromatic carbocycles. The van der Waals surface area contributed by atoms with Crippen LogP contribution in [0.1, 0.15) is 21.5 Å². The first-order valence-corrected chi connectivity index (χ1v) is 3.93. The van der Waals surface area contributed by atoms with Crippen molar-refractivity contribution in [2.75, 3.05) is 6.61 Å². The molecule has 0 aliphatic heterocycles. The van der Waals surface area contributed by atoms with Gasteiger partial charge in [-0.05, 0) is 18.9 Å². The highest BCUT2D eigenvalue weighted by Gasteiger charge is 2.00. The summed E-state index contributed by atoms with van der Waals surface area (Å²) in [5.74, 6) is 0. The van der Waals surface area contributed by atoms with Crippen molar-refractivity contribution in [3.63, 3.8) is 0 Å². The molecule has 0 fully saturated rings. The molecule has 12 heavy (non-hydrogen) atoms. The number of aliphatic hydroxyl groups is 1. The van der Waals surface area contributed by atoms with Gasteiger partial charge in [0.25, 0.3) is 0 Å². The van der Waals surface area contributed by atoms with Gasteiger partial charge in [0, 0.05) is 12.2 Å². The molecule has 0 saturated carbocycles. The summed E-state index contributed by atoms with van der Waals surface area (Å²) in [5.41, 5.74) is 2.71. The monoisotopic (exact) mass is 164 g/mol.